The van der Waals surface area contributed by atoms with Crippen molar-refractivity contribution in [3.63, 3.8) is 0 Å². The van der Waals surface area contributed by atoms with Gasteiger partial charge in [0, 0.05) is 15.1 Å². The van der Waals surface area contributed by atoms with Crippen LogP contribution >= 0.6 is 15.9 Å². The Labute approximate surface area is 178 Å². The Kier molecular flexibility index (Phi) is 6.37. The molecule has 0 aliphatic rings. The number of hydrogen-bond donors (Lipinski definition) is 2. The Morgan fingerprint density at radius 2 is 2.20 bits per heavy atom. The highest BCUT2D eigenvalue weighted by molar-refractivity contribution is 9.10. The normalized spacial score (nSPS) is 10.9. The van der Waals surface area contributed by atoms with Crippen molar-refractivity contribution < 1.29 is 19.6 Å². The molecule has 3 aromatic rings. The lowest BCUT2D eigenvalue weighted by Crippen LogP contribution is -2.17. The number of hydrogen-bond acceptors (Lipinski definition) is 8. The third kappa shape index (κ3) is 4.97. The van der Waals surface area contributed by atoms with E-state index in [2.05, 4.69) is 36.5 Å². The van der Waals surface area contributed by atoms with E-state index in [0.717, 1.165) is 0 Å². The Balaban J connectivity index is 1.74. The molecule has 30 heavy (non-hydrogen) atoms. The molecule has 0 spiro atoms. The summed E-state index contributed by atoms with van der Waals surface area (Å²) in [5, 5.41) is 28.2. The Hall–Kier alpha value is -3.80. The molecule has 0 aliphatic heterocycles. The van der Waals surface area contributed by atoms with Gasteiger partial charge in [0.1, 0.15) is 11.5 Å². The number of carbonyl (C=O) groups excluding carboxylic acids is 1. The highest BCUT2D eigenvalue weighted by atomic mass is 79.9. The van der Waals surface area contributed by atoms with Gasteiger partial charge in [0.05, 0.1) is 25.4 Å². The molecule has 12 heteroatoms. The number of phenolic OH excluding ortho intramolecular Hbond substituents is 1. The quantitative estimate of drug-likeness (QED) is 0.303. The van der Waals surface area contributed by atoms with Gasteiger partial charge in [0.25, 0.3) is 5.91 Å². The number of aromatic nitrogens is 3. The molecular formula is C18H15BrN6O5. The molecule has 11 nitrogen and oxygen atoms in total. The SMILES string of the molecule is COc1ccc(/C=N/NC(=O)c2cc(Br)ccc2O)cc1Cn1cnc([N+](=O)[O-])n1. The fourth-order valence-electron chi connectivity index (χ4n) is 2.54. The molecule has 0 atom stereocenters. The fraction of sp³-hybridized carbons (Fsp3) is 0.111. The van der Waals surface area contributed by atoms with Crippen LogP contribution in [0.1, 0.15) is 21.5 Å². The van der Waals surface area contributed by atoms with Crippen LogP contribution in [0.2, 0.25) is 0 Å². The lowest BCUT2D eigenvalue weighted by Gasteiger charge is -2.08. The van der Waals surface area contributed by atoms with Gasteiger partial charge in [-0.3, -0.25) is 4.79 Å². The van der Waals surface area contributed by atoms with Crippen LogP contribution in [0.3, 0.4) is 0 Å². The number of halogens is 1. The summed E-state index contributed by atoms with van der Waals surface area (Å²) in [6.45, 7) is 0.184. The summed E-state index contributed by atoms with van der Waals surface area (Å²) in [6, 6.07) is 9.63. The number of nitrogens with zero attached hydrogens (tertiary/aromatic N) is 5. The molecule has 1 aromatic heterocycles. The molecule has 2 N–H and O–H groups in total. The van der Waals surface area contributed by atoms with E-state index in [4.69, 9.17) is 4.74 Å². The summed E-state index contributed by atoms with van der Waals surface area (Å²) >= 11 is 3.24. The largest absolute Gasteiger partial charge is 0.507 e. The topological polar surface area (TPSA) is 145 Å². The van der Waals surface area contributed by atoms with Crippen molar-refractivity contribution in [1.29, 1.82) is 0 Å². The molecule has 0 radical (unpaired) electrons. The third-order valence-electron chi connectivity index (χ3n) is 3.91. The first-order chi connectivity index (χ1) is 14.4. The minimum atomic E-state index is -0.678. The monoisotopic (exact) mass is 474 g/mol. The van der Waals surface area contributed by atoms with Crippen molar-refractivity contribution in [3.05, 3.63) is 74.0 Å². The van der Waals surface area contributed by atoms with E-state index in [1.165, 1.54) is 36.5 Å². The summed E-state index contributed by atoms with van der Waals surface area (Å²) in [6.07, 6.45) is 2.67. The minimum Gasteiger partial charge on any atom is -0.507 e. The molecule has 0 fully saturated rings. The molecule has 0 unspecified atom stereocenters. The maximum atomic E-state index is 12.2. The van der Waals surface area contributed by atoms with Crippen molar-refractivity contribution in [1.82, 2.24) is 20.2 Å². The lowest BCUT2D eigenvalue weighted by molar-refractivity contribution is -0.394. The van der Waals surface area contributed by atoms with Crippen molar-refractivity contribution in [2.75, 3.05) is 7.11 Å². The van der Waals surface area contributed by atoms with Gasteiger partial charge in [0.2, 0.25) is 6.33 Å². The van der Waals surface area contributed by atoms with Crippen LogP contribution in [-0.2, 0) is 6.54 Å². The minimum absolute atomic E-state index is 0.0738. The average molecular weight is 475 g/mol. The fourth-order valence-corrected chi connectivity index (χ4v) is 2.90. The number of phenols is 1. The van der Waals surface area contributed by atoms with Crippen LogP contribution in [0.25, 0.3) is 0 Å². The Morgan fingerprint density at radius 1 is 1.40 bits per heavy atom. The maximum Gasteiger partial charge on any atom is 0.490 e. The molecule has 1 amide bonds. The summed E-state index contributed by atoms with van der Waals surface area (Å²) in [7, 11) is 1.50. The van der Waals surface area contributed by atoms with Crippen LogP contribution in [0.5, 0.6) is 11.5 Å². The first-order valence-corrected chi connectivity index (χ1v) is 9.19. The van der Waals surface area contributed by atoms with Crippen LogP contribution < -0.4 is 10.2 Å². The van der Waals surface area contributed by atoms with Crippen LogP contribution in [0, 0.1) is 10.1 Å². The summed E-state index contributed by atoms with van der Waals surface area (Å²) in [4.78, 5) is 25.8. The van der Waals surface area contributed by atoms with Crippen molar-refractivity contribution in [3.8, 4) is 11.5 Å². The zero-order chi connectivity index (χ0) is 21.7. The molecule has 3 rings (SSSR count). The second-order valence-electron chi connectivity index (χ2n) is 5.93. The van der Waals surface area contributed by atoms with Gasteiger partial charge in [-0.25, -0.2) is 5.43 Å². The first kappa shape index (κ1) is 20.9. The van der Waals surface area contributed by atoms with E-state index in [1.807, 2.05) is 0 Å². The van der Waals surface area contributed by atoms with Gasteiger partial charge < -0.3 is 20.0 Å². The molecular weight excluding hydrogens is 460 g/mol. The third-order valence-corrected chi connectivity index (χ3v) is 4.40. The number of nitrogens with one attached hydrogen (secondary N) is 1. The van der Waals surface area contributed by atoms with E-state index in [1.54, 1.807) is 24.3 Å². The van der Waals surface area contributed by atoms with Gasteiger partial charge >= 0.3 is 5.95 Å². The van der Waals surface area contributed by atoms with Gasteiger partial charge in [0.15, 0.2) is 0 Å². The number of methoxy groups -OCH3 is 1. The molecule has 0 saturated carbocycles. The Bertz CT molecular complexity index is 1130. The molecule has 154 valence electrons. The first-order valence-electron chi connectivity index (χ1n) is 8.40. The highest BCUT2D eigenvalue weighted by Gasteiger charge is 2.15. The van der Waals surface area contributed by atoms with Crippen LogP contribution in [-0.4, -0.2) is 44.0 Å². The van der Waals surface area contributed by atoms with E-state index >= 15 is 0 Å². The Morgan fingerprint density at radius 3 is 2.90 bits per heavy atom. The summed E-state index contributed by atoms with van der Waals surface area (Å²) < 4.78 is 7.27. The second-order valence-corrected chi connectivity index (χ2v) is 6.85. The predicted molar refractivity (Wildman–Crippen MR) is 110 cm³/mol. The zero-order valence-electron chi connectivity index (χ0n) is 15.5. The maximum absolute atomic E-state index is 12.2. The van der Waals surface area contributed by atoms with Gasteiger partial charge in [-0.15, -0.1) is 0 Å². The van der Waals surface area contributed by atoms with Crippen molar-refractivity contribution in [2.24, 2.45) is 5.10 Å². The molecule has 0 aliphatic carbocycles. The van der Waals surface area contributed by atoms with E-state index in [0.29, 0.717) is 21.3 Å². The number of aromatic hydroxyl groups is 1. The van der Waals surface area contributed by atoms with Gasteiger partial charge in [-0.2, -0.15) is 9.78 Å². The number of hydrazone groups is 1. The van der Waals surface area contributed by atoms with E-state index in [9.17, 15) is 20.0 Å². The molecule has 2 aromatic carbocycles. The number of ether oxygens (including phenoxy) is 1. The molecule has 1 heterocycles. The van der Waals surface area contributed by atoms with Crippen LogP contribution in [0.4, 0.5) is 5.95 Å². The summed E-state index contributed by atoms with van der Waals surface area (Å²) in [5.41, 5.74) is 3.73. The number of amides is 1. The number of rotatable bonds is 7. The number of carbonyl (C=O) groups is 1. The van der Waals surface area contributed by atoms with E-state index < -0.39 is 16.8 Å². The van der Waals surface area contributed by atoms with Gasteiger partial charge in [-0.05, 0) is 46.9 Å². The number of nitro groups is 1. The van der Waals surface area contributed by atoms with Gasteiger partial charge in [-0.1, -0.05) is 20.9 Å². The van der Waals surface area contributed by atoms with Crippen molar-refractivity contribution >= 4 is 34.0 Å². The van der Waals surface area contributed by atoms with E-state index in [-0.39, 0.29) is 17.9 Å². The zero-order valence-corrected chi connectivity index (χ0v) is 17.1. The molecule has 0 saturated heterocycles. The average Bonchev–Trinajstić information content (AvgIpc) is 3.19. The lowest BCUT2D eigenvalue weighted by atomic mass is 10.1. The highest BCUT2D eigenvalue weighted by Crippen LogP contribution is 2.22. The molecule has 0 bridgehead atoms. The summed E-state index contributed by atoms with van der Waals surface area (Å²) in [5.74, 6) is -0.688. The second kappa shape index (κ2) is 9.13. The predicted octanol–water partition coefficient (Wildman–Crippen LogP) is 2.48. The number of benzene rings is 2. The standard InChI is InChI=1S/C18H15BrN6O5/c1-30-16-5-2-11(6-12(16)9-24-10-20-18(23-24)25(28)29)8-21-22-17(27)14-7-13(19)3-4-15(14)26/h2-8,10,26H,9H2,1H3,(H,22,27)/b21-8+. The smallest absolute Gasteiger partial charge is 0.490 e. The van der Waals surface area contributed by atoms with Crippen molar-refractivity contribution in [2.45, 2.75) is 6.54 Å². The van der Waals surface area contributed by atoms with Crippen LogP contribution in [0.15, 0.2) is 52.3 Å².